The predicted octanol–water partition coefficient (Wildman–Crippen LogP) is 1.44. The maximum Gasteiger partial charge on any atom is 0.303 e. The van der Waals surface area contributed by atoms with E-state index >= 15 is 0 Å². The highest BCUT2D eigenvalue weighted by molar-refractivity contribution is 7.09. The van der Waals surface area contributed by atoms with Gasteiger partial charge in [-0.3, -0.25) is 4.79 Å². The van der Waals surface area contributed by atoms with Crippen LogP contribution in [0.25, 0.3) is 0 Å². The van der Waals surface area contributed by atoms with Gasteiger partial charge in [0.2, 0.25) is 0 Å². The van der Waals surface area contributed by atoms with Crippen LogP contribution >= 0.6 is 9.47 Å². The Morgan fingerprint density at radius 2 is 2.36 bits per heavy atom. The number of carboxylic acid groups (broad SMARTS) is 1. The zero-order chi connectivity index (χ0) is 8.27. The van der Waals surface area contributed by atoms with Gasteiger partial charge in [-0.1, -0.05) is 0 Å². The average molecular weight is 176 g/mol. The lowest BCUT2D eigenvalue weighted by Crippen LogP contribution is -2.06. The van der Waals surface area contributed by atoms with Crippen LogP contribution in [-0.4, -0.2) is 17.2 Å². The van der Waals surface area contributed by atoms with Gasteiger partial charge in [0.05, 0.1) is 6.10 Å². The molecule has 1 saturated carbocycles. The molecular weight excluding hydrogens is 163 g/mol. The van der Waals surface area contributed by atoms with Gasteiger partial charge in [0.25, 0.3) is 0 Å². The van der Waals surface area contributed by atoms with Crippen molar-refractivity contribution in [2.75, 3.05) is 0 Å². The molecule has 0 saturated heterocycles. The van der Waals surface area contributed by atoms with Crippen molar-refractivity contribution >= 4 is 15.4 Å². The summed E-state index contributed by atoms with van der Waals surface area (Å²) in [6.07, 6.45) is 3.46. The lowest BCUT2D eigenvalue weighted by atomic mass is 10.0. The Morgan fingerprint density at radius 1 is 1.64 bits per heavy atom. The Morgan fingerprint density at radius 3 is 2.82 bits per heavy atom. The second-order valence-corrected chi connectivity index (χ2v) is 3.31. The summed E-state index contributed by atoms with van der Waals surface area (Å²) in [7, 11) is 2.24. The maximum absolute atomic E-state index is 10.3. The van der Waals surface area contributed by atoms with Gasteiger partial charge in [-0.15, -0.1) is 0 Å². The van der Waals surface area contributed by atoms with Crippen LogP contribution < -0.4 is 0 Å². The fourth-order valence-electron chi connectivity index (χ4n) is 1.59. The summed E-state index contributed by atoms with van der Waals surface area (Å²) in [4.78, 5) is 10.3. The molecule has 11 heavy (non-hydrogen) atoms. The fourth-order valence-corrected chi connectivity index (χ4v) is 1.83. The number of hydrogen-bond acceptors (Lipinski definition) is 2. The van der Waals surface area contributed by atoms with E-state index in [9.17, 15) is 4.79 Å². The van der Waals surface area contributed by atoms with Crippen LogP contribution in [0.3, 0.4) is 0 Å². The van der Waals surface area contributed by atoms with Crippen molar-refractivity contribution in [3.8, 4) is 0 Å². The Balaban J connectivity index is 2.24. The van der Waals surface area contributed by atoms with E-state index in [4.69, 9.17) is 9.63 Å². The molecule has 0 radical (unpaired) electrons. The quantitative estimate of drug-likeness (QED) is 0.662. The van der Waals surface area contributed by atoms with Crippen molar-refractivity contribution in [3.63, 3.8) is 0 Å². The molecule has 1 N–H and O–H groups in total. The molecule has 0 aromatic heterocycles. The van der Waals surface area contributed by atoms with E-state index in [-0.39, 0.29) is 6.10 Å². The summed E-state index contributed by atoms with van der Waals surface area (Å²) in [5.74, 6) is -0.363. The molecule has 1 rings (SSSR count). The highest BCUT2D eigenvalue weighted by Gasteiger charge is 2.25. The zero-order valence-electron chi connectivity index (χ0n) is 6.32. The molecule has 0 amide bonds. The van der Waals surface area contributed by atoms with Crippen molar-refractivity contribution in [2.45, 2.75) is 31.8 Å². The van der Waals surface area contributed by atoms with Gasteiger partial charge in [-0.2, -0.15) is 0 Å². The van der Waals surface area contributed by atoms with E-state index in [0.717, 1.165) is 19.3 Å². The molecule has 0 bridgehead atoms. The van der Waals surface area contributed by atoms with Gasteiger partial charge in [-0.25, -0.2) is 0 Å². The Labute approximate surface area is 68.4 Å². The normalized spacial score (nSPS) is 30.6. The molecule has 1 aliphatic rings. The SMILES string of the molecule is O=C(O)C[C@H]1CC[C@@H](OP)C1. The van der Waals surface area contributed by atoms with Crippen LogP contribution in [-0.2, 0) is 9.32 Å². The third kappa shape index (κ3) is 2.76. The monoisotopic (exact) mass is 176 g/mol. The topological polar surface area (TPSA) is 46.5 Å². The second-order valence-electron chi connectivity index (χ2n) is 3.04. The molecule has 3 atom stereocenters. The molecule has 3 nitrogen and oxygen atoms in total. The van der Waals surface area contributed by atoms with Crippen molar-refractivity contribution in [2.24, 2.45) is 5.92 Å². The second kappa shape index (κ2) is 4.03. The smallest absolute Gasteiger partial charge is 0.303 e. The highest BCUT2D eigenvalue weighted by atomic mass is 31.0. The summed E-state index contributed by atoms with van der Waals surface area (Å²) in [6, 6.07) is 0. The van der Waals surface area contributed by atoms with Crippen LogP contribution in [0.1, 0.15) is 25.7 Å². The van der Waals surface area contributed by atoms with Crippen LogP contribution in [0.15, 0.2) is 0 Å². The molecule has 1 aliphatic carbocycles. The van der Waals surface area contributed by atoms with E-state index in [2.05, 4.69) is 9.47 Å². The van der Waals surface area contributed by atoms with Gasteiger partial charge >= 0.3 is 5.97 Å². The van der Waals surface area contributed by atoms with Crippen LogP contribution in [0.4, 0.5) is 0 Å². The van der Waals surface area contributed by atoms with Crippen LogP contribution in [0, 0.1) is 5.92 Å². The van der Waals surface area contributed by atoms with Gasteiger partial charge in [0.15, 0.2) is 0 Å². The summed E-state index contributed by atoms with van der Waals surface area (Å²) in [6.45, 7) is 0. The first-order chi connectivity index (χ1) is 5.22. The Kier molecular flexibility index (Phi) is 3.28. The van der Waals surface area contributed by atoms with Gasteiger partial charge in [0, 0.05) is 15.9 Å². The molecule has 1 fully saturated rings. The number of hydrogen-bond donors (Lipinski definition) is 1. The molecule has 0 heterocycles. The van der Waals surface area contributed by atoms with Crippen LogP contribution in [0.5, 0.6) is 0 Å². The minimum atomic E-state index is -0.695. The lowest BCUT2D eigenvalue weighted by Gasteiger charge is -2.06. The lowest BCUT2D eigenvalue weighted by molar-refractivity contribution is -0.138. The number of carboxylic acids is 1. The molecule has 0 spiro atoms. The first kappa shape index (κ1) is 8.95. The molecule has 0 aliphatic heterocycles. The molecule has 64 valence electrons. The minimum absolute atomic E-state index is 0.268. The third-order valence-corrected chi connectivity index (χ3v) is 2.53. The molecule has 0 aromatic rings. The molecular formula is C7H13O3P. The minimum Gasteiger partial charge on any atom is -0.481 e. The maximum atomic E-state index is 10.3. The van der Waals surface area contributed by atoms with Crippen LogP contribution in [0.2, 0.25) is 0 Å². The van der Waals surface area contributed by atoms with Crippen molar-refractivity contribution in [1.82, 2.24) is 0 Å². The van der Waals surface area contributed by atoms with Crippen molar-refractivity contribution in [3.05, 3.63) is 0 Å². The number of carbonyl (C=O) groups is 1. The third-order valence-electron chi connectivity index (χ3n) is 2.15. The highest BCUT2D eigenvalue weighted by Crippen LogP contribution is 2.31. The Bertz CT molecular complexity index is 149. The average Bonchev–Trinajstić information content (AvgIpc) is 2.34. The Hall–Kier alpha value is -0.140. The first-order valence-electron chi connectivity index (χ1n) is 3.79. The number of rotatable bonds is 3. The van der Waals surface area contributed by atoms with Crippen molar-refractivity contribution < 1.29 is 14.4 Å². The van der Waals surface area contributed by atoms with E-state index < -0.39 is 5.97 Å². The number of aliphatic carboxylic acids is 1. The molecule has 4 heteroatoms. The van der Waals surface area contributed by atoms with E-state index in [1.54, 1.807) is 0 Å². The largest absolute Gasteiger partial charge is 0.481 e. The fraction of sp³-hybridized carbons (Fsp3) is 0.857. The van der Waals surface area contributed by atoms with Gasteiger partial charge in [-0.05, 0) is 25.2 Å². The molecule has 0 aromatic carbocycles. The standard InChI is InChI=1S/C7H13O3P/c8-7(9)4-5-1-2-6(3-5)10-11/h5-6H,1-4,11H2,(H,8,9)/t5-,6+/m0/s1. The van der Waals surface area contributed by atoms with E-state index in [0.29, 0.717) is 12.3 Å². The van der Waals surface area contributed by atoms with E-state index in [1.165, 1.54) is 0 Å². The summed E-state index contributed by atoms with van der Waals surface area (Å²) < 4.78 is 5.05. The summed E-state index contributed by atoms with van der Waals surface area (Å²) in [5, 5.41) is 8.49. The zero-order valence-corrected chi connectivity index (χ0v) is 7.48. The summed E-state index contributed by atoms with van der Waals surface area (Å²) >= 11 is 0. The molecule has 1 unspecified atom stereocenters. The van der Waals surface area contributed by atoms with Crippen molar-refractivity contribution in [1.29, 1.82) is 0 Å². The van der Waals surface area contributed by atoms with Gasteiger partial charge < -0.3 is 9.63 Å². The van der Waals surface area contributed by atoms with Gasteiger partial charge in [0.1, 0.15) is 0 Å². The van der Waals surface area contributed by atoms with E-state index in [1.807, 2.05) is 0 Å². The summed E-state index contributed by atoms with van der Waals surface area (Å²) in [5.41, 5.74) is 0. The predicted molar refractivity (Wildman–Crippen MR) is 44.2 cm³/mol. The first-order valence-corrected chi connectivity index (χ1v) is 4.27.